The van der Waals surface area contributed by atoms with Crippen LogP contribution < -0.4 is 5.32 Å². The van der Waals surface area contributed by atoms with E-state index in [0.29, 0.717) is 21.0 Å². The molecule has 0 bridgehead atoms. The van der Waals surface area contributed by atoms with Gasteiger partial charge in [-0.15, -0.1) is 22.7 Å². The number of H-pyrrole nitrogens is 1. The quantitative estimate of drug-likeness (QED) is 0.716. The van der Waals surface area contributed by atoms with E-state index in [0.717, 1.165) is 11.0 Å². The van der Waals surface area contributed by atoms with Crippen molar-refractivity contribution in [3.8, 4) is 0 Å². The fourth-order valence-electron chi connectivity index (χ4n) is 1.35. The van der Waals surface area contributed by atoms with Crippen molar-refractivity contribution in [2.24, 2.45) is 0 Å². The number of anilines is 2. The third kappa shape index (κ3) is 1.69. The lowest BCUT2D eigenvalue weighted by atomic mass is 10.5. The summed E-state index contributed by atoms with van der Waals surface area (Å²) < 4.78 is 0.629. The van der Waals surface area contributed by atoms with Gasteiger partial charge in [0.05, 0.1) is 16.2 Å². The zero-order valence-electron chi connectivity index (χ0n) is 7.75. The standard InChI is InChI=1S/C9H5Cl2N3S2/c10-4-1-16-8(11)7(4)14-9-12-5-2-15-3-6(5)13-9/h1-3H,(H2,12,13,14). The molecule has 0 saturated heterocycles. The highest BCUT2D eigenvalue weighted by atomic mass is 35.5. The van der Waals surface area contributed by atoms with Gasteiger partial charge in [0.25, 0.3) is 0 Å². The molecule has 0 amide bonds. The third-order valence-corrected chi connectivity index (χ3v) is 4.45. The van der Waals surface area contributed by atoms with Crippen LogP contribution in [0.3, 0.4) is 0 Å². The predicted octanol–water partition coefficient (Wildman–Crippen LogP) is 4.74. The van der Waals surface area contributed by atoms with Crippen LogP contribution in [0, 0.1) is 0 Å². The zero-order chi connectivity index (χ0) is 11.1. The molecule has 0 fully saturated rings. The molecule has 0 aromatic carbocycles. The van der Waals surface area contributed by atoms with Crippen LogP contribution in [0.25, 0.3) is 11.0 Å². The van der Waals surface area contributed by atoms with Crippen LogP contribution in [0.1, 0.15) is 0 Å². The molecule has 3 aromatic rings. The number of rotatable bonds is 2. The van der Waals surface area contributed by atoms with Crippen LogP contribution in [-0.4, -0.2) is 9.97 Å². The van der Waals surface area contributed by atoms with Gasteiger partial charge in [-0.1, -0.05) is 23.2 Å². The molecule has 0 saturated carbocycles. The van der Waals surface area contributed by atoms with Gasteiger partial charge in [-0.2, -0.15) is 0 Å². The maximum atomic E-state index is 6.00. The minimum Gasteiger partial charge on any atom is -0.323 e. The number of nitrogens with one attached hydrogen (secondary N) is 2. The smallest absolute Gasteiger partial charge is 0.205 e. The Kier molecular flexibility index (Phi) is 2.55. The molecule has 3 heterocycles. The topological polar surface area (TPSA) is 40.7 Å². The molecule has 0 aliphatic heterocycles. The molecule has 0 radical (unpaired) electrons. The Morgan fingerprint density at radius 1 is 1.25 bits per heavy atom. The summed E-state index contributed by atoms with van der Waals surface area (Å²) in [6.45, 7) is 0. The largest absolute Gasteiger partial charge is 0.323 e. The number of imidazole rings is 1. The van der Waals surface area contributed by atoms with Crippen molar-refractivity contribution in [3.63, 3.8) is 0 Å². The summed E-state index contributed by atoms with van der Waals surface area (Å²) in [7, 11) is 0. The van der Waals surface area contributed by atoms with Gasteiger partial charge in [0, 0.05) is 16.1 Å². The highest BCUT2D eigenvalue weighted by Gasteiger charge is 2.10. The average Bonchev–Trinajstić information content (AvgIpc) is 2.88. The van der Waals surface area contributed by atoms with Gasteiger partial charge in [0.1, 0.15) is 9.85 Å². The Hall–Kier alpha value is -0.750. The Labute approximate surface area is 109 Å². The lowest BCUT2D eigenvalue weighted by Gasteiger charge is -2.00. The van der Waals surface area contributed by atoms with E-state index in [1.807, 2.05) is 10.8 Å². The minimum absolute atomic E-state index is 0.605. The summed E-state index contributed by atoms with van der Waals surface area (Å²) in [5, 5.41) is 9.46. The molecular formula is C9H5Cl2N3S2. The Balaban J connectivity index is 1.98. The fraction of sp³-hybridized carbons (Fsp3) is 0. The van der Waals surface area contributed by atoms with E-state index in [-0.39, 0.29) is 0 Å². The second-order valence-corrected chi connectivity index (χ2v) is 5.75. The molecule has 0 unspecified atom stereocenters. The summed E-state index contributed by atoms with van der Waals surface area (Å²) in [5.41, 5.74) is 2.65. The summed E-state index contributed by atoms with van der Waals surface area (Å²) in [5.74, 6) is 0.653. The summed E-state index contributed by atoms with van der Waals surface area (Å²) in [4.78, 5) is 7.50. The normalized spacial score (nSPS) is 11.1. The fourth-order valence-corrected chi connectivity index (χ4v) is 3.31. The number of fused-ring (bicyclic) bond motifs is 1. The lowest BCUT2D eigenvalue weighted by molar-refractivity contribution is 1.32. The van der Waals surface area contributed by atoms with Crippen molar-refractivity contribution < 1.29 is 0 Å². The van der Waals surface area contributed by atoms with Crippen LogP contribution in [0.4, 0.5) is 11.6 Å². The van der Waals surface area contributed by atoms with Crippen LogP contribution in [0.15, 0.2) is 16.1 Å². The molecule has 16 heavy (non-hydrogen) atoms. The van der Waals surface area contributed by atoms with E-state index in [4.69, 9.17) is 23.2 Å². The van der Waals surface area contributed by atoms with Crippen molar-refractivity contribution in [1.29, 1.82) is 0 Å². The highest BCUT2D eigenvalue weighted by molar-refractivity contribution is 7.15. The van der Waals surface area contributed by atoms with E-state index in [1.165, 1.54) is 11.3 Å². The van der Waals surface area contributed by atoms with Gasteiger partial charge < -0.3 is 10.3 Å². The van der Waals surface area contributed by atoms with E-state index in [2.05, 4.69) is 15.3 Å². The van der Waals surface area contributed by atoms with E-state index in [1.54, 1.807) is 16.7 Å². The Bertz CT molecular complexity index is 592. The SMILES string of the molecule is Clc1csc(Cl)c1Nc1nc2cscc2[nH]1. The van der Waals surface area contributed by atoms with Crippen molar-refractivity contribution in [2.45, 2.75) is 0 Å². The van der Waals surface area contributed by atoms with Crippen molar-refractivity contribution in [3.05, 3.63) is 25.5 Å². The summed E-state index contributed by atoms with van der Waals surface area (Å²) in [6.07, 6.45) is 0. The Morgan fingerprint density at radius 3 is 2.81 bits per heavy atom. The van der Waals surface area contributed by atoms with E-state index >= 15 is 0 Å². The lowest BCUT2D eigenvalue weighted by Crippen LogP contribution is -1.91. The first-order valence-electron chi connectivity index (χ1n) is 4.35. The van der Waals surface area contributed by atoms with Crippen LogP contribution in [0.5, 0.6) is 0 Å². The number of aromatic nitrogens is 2. The van der Waals surface area contributed by atoms with Gasteiger partial charge in [-0.3, -0.25) is 0 Å². The molecule has 0 spiro atoms. The van der Waals surface area contributed by atoms with E-state index < -0.39 is 0 Å². The second-order valence-electron chi connectivity index (χ2n) is 3.11. The molecule has 3 rings (SSSR count). The first-order valence-corrected chi connectivity index (χ1v) is 6.93. The second kappa shape index (κ2) is 3.92. The molecule has 0 atom stereocenters. The minimum atomic E-state index is 0.605. The maximum absolute atomic E-state index is 6.00. The number of halogens is 2. The molecule has 82 valence electrons. The summed E-state index contributed by atoms with van der Waals surface area (Å²) in [6, 6.07) is 0. The maximum Gasteiger partial charge on any atom is 0.205 e. The van der Waals surface area contributed by atoms with Gasteiger partial charge in [0.15, 0.2) is 0 Å². The number of thiophene rings is 2. The molecule has 2 N–H and O–H groups in total. The van der Waals surface area contributed by atoms with Crippen LogP contribution in [-0.2, 0) is 0 Å². The number of aromatic amines is 1. The first kappa shape index (κ1) is 10.4. The molecule has 0 aliphatic rings. The molecule has 3 nitrogen and oxygen atoms in total. The average molecular weight is 290 g/mol. The van der Waals surface area contributed by atoms with Crippen molar-refractivity contribution in [2.75, 3.05) is 5.32 Å². The number of nitrogens with zero attached hydrogens (tertiary/aromatic N) is 1. The van der Waals surface area contributed by atoms with Crippen molar-refractivity contribution in [1.82, 2.24) is 9.97 Å². The van der Waals surface area contributed by atoms with Crippen LogP contribution in [0.2, 0.25) is 9.36 Å². The van der Waals surface area contributed by atoms with E-state index in [9.17, 15) is 0 Å². The highest BCUT2D eigenvalue weighted by Crippen LogP contribution is 2.38. The molecular weight excluding hydrogens is 285 g/mol. The third-order valence-electron chi connectivity index (χ3n) is 2.07. The zero-order valence-corrected chi connectivity index (χ0v) is 10.9. The monoisotopic (exact) mass is 289 g/mol. The Morgan fingerprint density at radius 2 is 2.12 bits per heavy atom. The molecule has 0 aliphatic carbocycles. The number of hydrogen-bond acceptors (Lipinski definition) is 4. The van der Waals surface area contributed by atoms with Gasteiger partial charge in [0.2, 0.25) is 5.95 Å². The van der Waals surface area contributed by atoms with Gasteiger partial charge in [-0.05, 0) is 0 Å². The van der Waals surface area contributed by atoms with Crippen molar-refractivity contribution >= 4 is 68.5 Å². The molecule has 3 aromatic heterocycles. The molecule has 7 heteroatoms. The number of hydrogen-bond donors (Lipinski definition) is 2. The van der Waals surface area contributed by atoms with Crippen LogP contribution >= 0.6 is 45.9 Å². The predicted molar refractivity (Wildman–Crippen MR) is 71.6 cm³/mol. The van der Waals surface area contributed by atoms with Gasteiger partial charge in [-0.25, -0.2) is 4.98 Å². The first-order chi connectivity index (χ1) is 7.74. The van der Waals surface area contributed by atoms with Gasteiger partial charge >= 0.3 is 0 Å². The summed E-state index contributed by atoms with van der Waals surface area (Å²) >= 11 is 15.0.